The predicted octanol–water partition coefficient (Wildman–Crippen LogP) is 6.12. The van der Waals surface area contributed by atoms with Gasteiger partial charge in [0.1, 0.15) is 18.2 Å². The van der Waals surface area contributed by atoms with E-state index in [2.05, 4.69) is 56.1 Å². The van der Waals surface area contributed by atoms with Crippen LogP contribution >= 0.6 is 0 Å². The van der Waals surface area contributed by atoms with Crippen molar-refractivity contribution in [1.29, 1.82) is 0 Å². The van der Waals surface area contributed by atoms with Crippen molar-refractivity contribution in [1.82, 2.24) is 15.3 Å². The number of piperidine rings is 1. The number of fused-ring (bicyclic) bond motifs is 1. The Balaban J connectivity index is 0.00000370. The van der Waals surface area contributed by atoms with E-state index >= 15 is 0 Å². The van der Waals surface area contributed by atoms with Gasteiger partial charge in [0.05, 0.1) is 17.2 Å². The molecule has 1 aliphatic heterocycles. The van der Waals surface area contributed by atoms with Crippen LogP contribution < -0.4 is 10.2 Å². The number of ether oxygens (including phenoxy) is 1. The maximum Gasteiger partial charge on any atom is 0.246 e. The highest BCUT2D eigenvalue weighted by atomic mass is 16.5. The number of aryl methyl sites for hydroxylation is 1. The minimum Gasteiger partial charge on any atom is -0.507 e. The van der Waals surface area contributed by atoms with Crippen molar-refractivity contribution in [2.75, 3.05) is 24.6 Å². The maximum absolute atomic E-state index is 12.8. The third-order valence-electron chi connectivity index (χ3n) is 8.53. The molecule has 3 aromatic rings. The zero-order valence-electron chi connectivity index (χ0n) is 23.7. The lowest BCUT2D eigenvalue weighted by atomic mass is 9.75. The summed E-state index contributed by atoms with van der Waals surface area (Å²) in [4.78, 5) is 24.8. The Hall–Kier alpha value is -3.19. The van der Waals surface area contributed by atoms with Crippen molar-refractivity contribution in [3.8, 4) is 17.1 Å². The molecule has 2 fully saturated rings. The zero-order chi connectivity index (χ0) is 27.5. The summed E-state index contributed by atoms with van der Waals surface area (Å²) in [5.41, 5.74) is 2.61. The molecule has 210 valence electrons. The summed E-state index contributed by atoms with van der Waals surface area (Å²) >= 11 is 0. The quantitative estimate of drug-likeness (QED) is 0.381. The highest BCUT2D eigenvalue weighted by Gasteiger charge is 2.32. The summed E-state index contributed by atoms with van der Waals surface area (Å²) < 4.78 is 6.18. The predicted molar refractivity (Wildman–Crippen MR) is 158 cm³/mol. The lowest BCUT2D eigenvalue weighted by Crippen LogP contribution is -2.46. The minimum atomic E-state index is -0.0148. The van der Waals surface area contributed by atoms with Crippen LogP contribution in [-0.4, -0.2) is 52.8 Å². The number of rotatable bonds is 7. The van der Waals surface area contributed by atoms with Crippen molar-refractivity contribution in [2.24, 2.45) is 17.8 Å². The van der Waals surface area contributed by atoms with Crippen LogP contribution in [0, 0.1) is 24.7 Å². The number of phenolic OH excluding ortho intramolecular Hbond substituents is 1. The molecule has 3 unspecified atom stereocenters. The Kier molecular flexibility index (Phi) is 8.36. The first-order valence-electron chi connectivity index (χ1n) is 14.5. The standard InChI is InChI=1S/C32H42N4O3.H2/c1-20(2)24-11-9-22(4)18-29(24)39-19-30(38)33-23-13-15-36(16-14-23)32-25-12-10-21(3)17-27(25)34-31(35-32)26-7-5-6-8-28(26)37;/h5-8,10,12,17,20,22-24,29,37H,9,11,13-16,18-19H2,1-4H3,(H,33,38);1H. The van der Waals surface area contributed by atoms with Gasteiger partial charge in [-0.25, -0.2) is 9.97 Å². The number of phenols is 1. The van der Waals surface area contributed by atoms with Gasteiger partial charge in [-0.05, 0) is 80.2 Å². The average molecular weight is 533 g/mol. The van der Waals surface area contributed by atoms with Crippen molar-refractivity contribution >= 4 is 22.6 Å². The normalized spacial score (nSPS) is 22.4. The van der Waals surface area contributed by atoms with E-state index in [4.69, 9.17) is 14.7 Å². The highest BCUT2D eigenvalue weighted by molar-refractivity contribution is 5.92. The van der Waals surface area contributed by atoms with Crippen LogP contribution in [0.4, 0.5) is 5.82 Å². The molecule has 7 heteroatoms. The summed E-state index contributed by atoms with van der Waals surface area (Å²) in [5.74, 6) is 3.31. The number of aromatic hydroxyl groups is 1. The molecular formula is C32H44N4O3. The number of nitrogens with zero attached hydrogens (tertiary/aromatic N) is 3. The fraction of sp³-hybridized carbons (Fsp3) is 0.531. The molecule has 0 spiro atoms. The smallest absolute Gasteiger partial charge is 0.246 e. The summed E-state index contributed by atoms with van der Waals surface area (Å²) in [5, 5.41) is 14.7. The average Bonchev–Trinajstić information content (AvgIpc) is 2.91. The van der Waals surface area contributed by atoms with E-state index in [0.29, 0.717) is 29.1 Å². The second-order valence-corrected chi connectivity index (χ2v) is 11.9. The number of anilines is 1. The third-order valence-corrected chi connectivity index (χ3v) is 8.53. The van der Waals surface area contributed by atoms with Crippen LogP contribution in [0.15, 0.2) is 42.5 Å². The van der Waals surface area contributed by atoms with E-state index in [-0.39, 0.29) is 31.8 Å². The summed E-state index contributed by atoms with van der Waals surface area (Å²) in [6.45, 7) is 10.6. The van der Waals surface area contributed by atoms with Gasteiger partial charge in [-0.3, -0.25) is 4.79 Å². The van der Waals surface area contributed by atoms with E-state index in [1.807, 2.05) is 12.1 Å². The molecule has 2 N–H and O–H groups in total. The van der Waals surface area contributed by atoms with Crippen molar-refractivity contribution in [2.45, 2.75) is 71.9 Å². The van der Waals surface area contributed by atoms with E-state index in [1.165, 1.54) is 12.8 Å². The van der Waals surface area contributed by atoms with Crippen molar-refractivity contribution in [3.63, 3.8) is 0 Å². The minimum absolute atomic E-state index is 0. The molecule has 1 aromatic heterocycles. The number of aromatic nitrogens is 2. The van der Waals surface area contributed by atoms with E-state index < -0.39 is 0 Å². The first-order chi connectivity index (χ1) is 18.8. The number of amides is 1. The SMILES string of the molecule is Cc1ccc2c(N3CCC(NC(=O)COC4CC(C)CCC4C(C)C)CC3)nc(-c3ccccc3O)nc2c1.[HH]. The van der Waals surface area contributed by atoms with Crippen LogP contribution in [-0.2, 0) is 9.53 Å². The number of benzene rings is 2. The molecule has 39 heavy (non-hydrogen) atoms. The van der Waals surface area contributed by atoms with Crippen LogP contribution in [0.25, 0.3) is 22.3 Å². The second kappa shape index (κ2) is 11.9. The number of hydrogen-bond acceptors (Lipinski definition) is 6. The molecule has 2 aliphatic rings. The summed E-state index contributed by atoms with van der Waals surface area (Å²) in [6, 6.07) is 13.5. The topological polar surface area (TPSA) is 87.6 Å². The first-order valence-corrected chi connectivity index (χ1v) is 14.5. The van der Waals surface area contributed by atoms with E-state index in [9.17, 15) is 9.90 Å². The lowest BCUT2D eigenvalue weighted by Gasteiger charge is -2.37. The van der Waals surface area contributed by atoms with Gasteiger partial charge in [0.25, 0.3) is 0 Å². The fourth-order valence-electron chi connectivity index (χ4n) is 6.24. The van der Waals surface area contributed by atoms with Crippen molar-refractivity contribution in [3.05, 3.63) is 48.0 Å². The number of para-hydroxylation sites is 1. The number of carbonyl (C=O) groups is 1. The van der Waals surface area contributed by atoms with E-state index in [0.717, 1.165) is 54.6 Å². The molecule has 3 atom stereocenters. The lowest BCUT2D eigenvalue weighted by molar-refractivity contribution is -0.132. The molecule has 0 bridgehead atoms. The zero-order valence-corrected chi connectivity index (χ0v) is 23.7. The van der Waals surface area contributed by atoms with Gasteiger partial charge >= 0.3 is 0 Å². The van der Waals surface area contributed by atoms with Gasteiger partial charge < -0.3 is 20.1 Å². The molecule has 5 rings (SSSR count). The number of hydrogen-bond donors (Lipinski definition) is 2. The summed E-state index contributed by atoms with van der Waals surface area (Å²) in [6.07, 6.45) is 5.34. The highest BCUT2D eigenvalue weighted by Crippen LogP contribution is 2.36. The van der Waals surface area contributed by atoms with Gasteiger partial charge in [0, 0.05) is 25.9 Å². The van der Waals surface area contributed by atoms with Gasteiger partial charge in [-0.1, -0.05) is 45.4 Å². The summed E-state index contributed by atoms with van der Waals surface area (Å²) in [7, 11) is 0. The monoisotopic (exact) mass is 532 g/mol. The van der Waals surface area contributed by atoms with Crippen LogP contribution in [0.2, 0.25) is 0 Å². The first kappa shape index (κ1) is 27.4. The van der Waals surface area contributed by atoms with Crippen LogP contribution in [0.5, 0.6) is 5.75 Å². The Morgan fingerprint density at radius 1 is 1.13 bits per heavy atom. The molecule has 1 amide bonds. The second-order valence-electron chi connectivity index (χ2n) is 11.9. The maximum atomic E-state index is 12.8. The Morgan fingerprint density at radius 3 is 2.64 bits per heavy atom. The molecule has 2 aromatic carbocycles. The molecule has 1 aliphatic carbocycles. The van der Waals surface area contributed by atoms with E-state index in [1.54, 1.807) is 12.1 Å². The third kappa shape index (κ3) is 6.35. The number of carbonyl (C=O) groups excluding carboxylic acids is 1. The van der Waals surface area contributed by atoms with Gasteiger partial charge in [0.2, 0.25) is 5.91 Å². The Labute approximate surface area is 233 Å². The van der Waals surface area contributed by atoms with Crippen molar-refractivity contribution < 1.29 is 16.1 Å². The molecule has 1 saturated carbocycles. The fourth-order valence-corrected chi connectivity index (χ4v) is 6.24. The molecule has 1 saturated heterocycles. The molecule has 0 radical (unpaired) electrons. The molecular weight excluding hydrogens is 488 g/mol. The van der Waals surface area contributed by atoms with Crippen LogP contribution in [0.1, 0.15) is 59.9 Å². The van der Waals surface area contributed by atoms with Gasteiger partial charge in [-0.15, -0.1) is 0 Å². The van der Waals surface area contributed by atoms with Gasteiger partial charge in [0.15, 0.2) is 5.82 Å². The molecule has 2 heterocycles. The number of nitrogens with one attached hydrogen (secondary N) is 1. The Morgan fingerprint density at radius 2 is 1.90 bits per heavy atom. The van der Waals surface area contributed by atoms with Crippen LogP contribution in [0.3, 0.4) is 0 Å². The van der Waals surface area contributed by atoms with Gasteiger partial charge in [-0.2, -0.15) is 0 Å². The Bertz CT molecular complexity index is 1310. The largest absolute Gasteiger partial charge is 0.507 e. The molecule has 7 nitrogen and oxygen atoms in total.